The molecule has 0 saturated heterocycles. The van der Waals surface area contributed by atoms with Crippen LogP contribution in [0.15, 0.2) is 53.5 Å². The number of likely N-dealkylation sites (N-methyl/N-ethyl adjacent to an activating group) is 1. The summed E-state index contributed by atoms with van der Waals surface area (Å²) in [4.78, 5) is 6.79. The number of aliphatic imine (C=N–C) groups is 1. The van der Waals surface area contributed by atoms with Gasteiger partial charge in [0.05, 0.1) is 20.2 Å². The summed E-state index contributed by atoms with van der Waals surface area (Å²) in [5.74, 6) is 3.25. The lowest BCUT2D eigenvalue weighted by Gasteiger charge is -2.14. The first-order valence-electron chi connectivity index (χ1n) is 10.3. The lowest BCUT2D eigenvalue weighted by atomic mass is 10.2. The Morgan fingerprint density at radius 3 is 2.37 bits per heavy atom. The van der Waals surface area contributed by atoms with E-state index in [0.717, 1.165) is 41.9 Å². The van der Waals surface area contributed by atoms with E-state index in [4.69, 9.17) is 14.2 Å². The van der Waals surface area contributed by atoms with Crippen LogP contribution in [0.1, 0.15) is 12.5 Å². The van der Waals surface area contributed by atoms with Crippen LogP contribution in [-0.2, 0) is 6.54 Å². The standard InChI is InChI=1S/C23H34N4O3/c1-5-24-23(25-14-16-29-21-12-10-20(28-4)11-13-21)26-18-19-8-6-7-9-22(19)30-17-15-27(2)3/h6-13H,5,14-18H2,1-4H3,(H2,24,25,26). The number of nitrogens with one attached hydrogen (secondary N) is 2. The van der Waals surface area contributed by atoms with Crippen molar-refractivity contribution < 1.29 is 14.2 Å². The predicted octanol–water partition coefficient (Wildman–Crippen LogP) is 2.77. The van der Waals surface area contributed by atoms with Crippen LogP contribution in [0.2, 0.25) is 0 Å². The smallest absolute Gasteiger partial charge is 0.191 e. The highest BCUT2D eigenvalue weighted by molar-refractivity contribution is 5.79. The number of hydrogen-bond donors (Lipinski definition) is 2. The van der Waals surface area contributed by atoms with Crippen LogP contribution in [0.5, 0.6) is 17.2 Å². The maximum atomic E-state index is 5.92. The van der Waals surface area contributed by atoms with Crippen molar-refractivity contribution in [2.45, 2.75) is 13.5 Å². The molecular formula is C23H34N4O3. The van der Waals surface area contributed by atoms with Crippen LogP contribution < -0.4 is 24.8 Å². The molecule has 164 valence electrons. The number of benzene rings is 2. The van der Waals surface area contributed by atoms with Gasteiger partial charge < -0.3 is 29.7 Å². The molecule has 2 rings (SSSR count). The fraction of sp³-hybridized carbons (Fsp3) is 0.435. The predicted molar refractivity (Wildman–Crippen MR) is 122 cm³/mol. The van der Waals surface area contributed by atoms with Gasteiger partial charge in [0, 0.05) is 18.7 Å². The van der Waals surface area contributed by atoms with Crippen molar-refractivity contribution in [3.8, 4) is 17.2 Å². The molecule has 0 heterocycles. The molecular weight excluding hydrogens is 380 g/mol. The van der Waals surface area contributed by atoms with Crippen LogP contribution in [0.4, 0.5) is 0 Å². The summed E-state index contributed by atoms with van der Waals surface area (Å²) in [6, 6.07) is 15.6. The number of ether oxygens (including phenoxy) is 3. The zero-order valence-corrected chi connectivity index (χ0v) is 18.5. The monoisotopic (exact) mass is 414 g/mol. The largest absolute Gasteiger partial charge is 0.497 e. The van der Waals surface area contributed by atoms with E-state index >= 15 is 0 Å². The van der Waals surface area contributed by atoms with Gasteiger partial charge in [-0.1, -0.05) is 18.2 Å². The van der Waals surface area contributed by atoms with E-state index in [-0.39, 0.29) is 0 Å². The van der Waals surface area contributed by atoms with Crippen molar-refractivity contribution in [1.29, 1.82) is 0 Å². The van der Waals surface area contributed by atoms with E-state index < -0.39 is 0 Å². The first kappa shape index (κ1) is 23.3. The SMILES string of the molecule is CCNC(=NCc1ccccc1OCCN(C)C)NCCOc1ccc(OC)cc1. The molecule has 2 N–H and O–H groups in total. The molecule has 0 amide bonds. The number of hydrogen-bond acceptors (Lipinski definition) is 5. The van der Waals surface area contributed by atoms with Crippen molar-refractivity contribution in [2.75, 3.05) is 54.1 Å². The van der Waals surface area contributed by atoms with Gasteiger partial charge in [0.1, 0.15) is 30.5 Å². The van der Waals surface area contributed by atoms with E-state index in [1.165, 1.54) is 0 Å². The Kier molecular flexibility index (Phi) is 10.4. The van der Waals surface area contributed by atoms with E-state index in [0.29, 0.717) is 26.3 Å². The fourth-order valence-electron chi connectivity index (χ4n) is 2.63. The third-order valence-electron chi connectivity index (χ3n) is 4.24. The summed E-state index contributed by atoms with van der Waals surface area (Å²) in [6.45, 7) is 6.05. The second kappa shape index (κ2) is 13.3. The lowest BCUT2D eigenvalue weighted by molar-refractivity contribution is 0.259. The molecule has 2 aromatic carbocycles. The average Bonchev–Trinajstić information content (AvgIpc) is 2.76. The highest BCUT2D eigenvalue weighted by Crippen LogP contribution is 2.19. The Labute approximate surface area is 180 Å². The minimum absolute atomic E-state index is 0.529. The summed E-state index contributed by atoms with van der Waals surface area (Å²) < 4.78 is 16.8. The molecule has 0 aliphatic rings. The Balaban J connectivity index is 1.84. The molecule has 0 fully saturated rings. The Morgan fingerprint density at radius 2 is 1.67 bits per heavy atom. The zero-order chi connectivity index (χ0) is 21.6. The van der Waals surface area contributed by atoms with E-state index in [1.54, 1.807) is 7.11 Å². The lowest BCUT2D eigenvalue weighted by Crippen LogP contribution is -2.39. The van der Waals surface area contributed by atoms with Crippen LogP contribution in [0.3, 0.4) is 0 Å². The van der Waals surface area contributed by atoms with Gasteiger partial charge in [-0.15, -0.1) is 0 Å². The van der Waals surface area contributed by atoms with E-state index in [9.17, 15) is 0 Å². The topological polar surface area (TPSA) is 67.4 Å². The fourth-order valence-corrected chi connectivity index (χ4v) is 2.63. The van der Waals surface area contributed by atoms with Crippen molar-refractivity contribution >= 4 is 5.96 Å². The number of para-hydroxylation sites is 1. The summed E-state index contributed by atoms with van der Waals surface area (Å²) in [6.07, 6.45) is 0. The average molecular weight is 415 g/mol. The molecule has 2 aromatic rings. The van der Waals surface area contributed by atoms with Crippen molar-refractivity contribution in [3.63, 3.8) is 0 Å². The molecule has 0 bridgehead atoms. The van der Waals surface area contributed by atoms with Crippen molar-refractivity contribution in [3.05, 3.63) is 54.1 Å². The van der Waals surface area contributed by atoms with Gasteiger partial charge in [0.15, 0.2) is 5.96 Å². The maximum absolute atomic E-state index is 5.92. The van der Waals surface area contributed by atoms with Gasteiger partial charge in [-0.2, -0.15) is 0 Å². The zero-order valence-electron chi connectivity index (χ0n) is 18.5. The second-order valence-corrected chi connectivity index (χ2v) is 6.91. The third-order valence-corrected chi connectivity index (χ3v) is 4.24. The molecule has 0 spiro atoms. The Morgan fingerprint density at radius 1 is 0.933 bits per heavy atom. The van der Waals surface area contributed by atoms with Gasteiger partial charge in [0.25, 0.3) is 0 Å². The molecule has 0 atom stereocenters. The van der Waals surface area contributed by atoms with E-state index in [2.05, 4.69) is 20.5 Å². The third kappa shape index (κ3) is 8.61. The molecule has 0 saturated carbocycles. The van der Waals surface area contributed by atoms with Crippen LogP contribution in [-0.4, -0.2) is 64.9 Å². The van der Waals surface area contributed by atoms with Crippen LogP contribution in [0.25, 0.3) is 0 Å². The molecule has 0 aliphatic heterocycles. The summed E-state index contributed by atoms with van der Waals surface area (Å²) >= 11 is 0. The summed E-state index contributed by atoms with van der Waals surface area (Å²) in [5, 5.41) is 6.57. The minimum atomic E-state index is 0.529. The normalized spacial score (nSPS) is 11.3. The van der Waals surface area contributed by atoms with Gasteiger partial charge >= 0.3 is 0 Å². The number of methoxy groups -OCH3 is 1. The highest BCUT2D eigenvalue weighted by atomic mass is 16.5. The van der Waals surface area contributed by atoms with Crippen molar-refractivity contribution in [1.82, 2.24) is 15.5 Å². The summed E-state index contributed by atoms with van der Waals surface area (Å²) in [7, 11) is 5.72. The van der Waals surface area contributed by atoms with Gasteiger partial charge in [0.2, 0.25) is 0 Å². The molecule has 30 heavy (non-hydrogen) atoms. The maximum Gasteiger partial charge on any atom is 0.191 e. The molecule has 0 radical (unpaired) electrons. The Hall–Kier alpha value is -2.93. The number of rotatable bonds is 12. The van der Waals surface area contributed by atoms with Crippen molar-refractivity contribution in [2.24, 2.45) is 4.99 Å². The number of nitrogens with zero attached hydrogens (tertiary/aromatic N) is 2. The molecule has 7 nitrogen and oxygen atoms in total. The first-order valence-corrected chi connectivity index (χ1v) is 10.3. The van der Waals surface area contributed by atoms with Gasteiger partial charge in [-0.05, 0) is 51.4 Å². The van der Waals surface area contributed by atoms with E-state index in [1.807, 2.05) is 69.6 Å². The quantitative estimate of drug-likeness (QED) is 0.316. The van der Waals surface area contributed by atoms with Crippen LogP contribution in [0, 0.1) is 0 Å². The molecule has 0 unspecified atom stereocenters. The molecule has 0 aromatic heterocycles. The minimum Gasteiger partial charge on any atom is -0.497 e. The first-order chi connectivity index (χ1) is 14.6. The second-order valence-electron chi connectivity index (χ2n) is 6.91. The van der Waals surface area contributed by atoms with Crippen LogP contribution >= 0.6 is 0 Å². The summed E-state index contributed by atoms with van der Waals surface area (Å²) in [5.41, 5.74) is 1.06. The molecule has 0 aliphatic carbocycles. The van der Waals surface area contributed by atoms with Gasteiger partial charge in [-0.3, -0.25) is 0 Å². The Bertz CT molecular complexity index is 763. The van der Waals surface area contributed by atoms with Gasteiger partial charge in [-0.25, -0.2) is 4.99 Å². The number of guanidine groups is 1. The molecule has 7 heteroatoms. The highest BCUT2D eigenvalue weighted by Gasteiger charge is 2.04.